The van der Waals surface area contributed by atoms with Crippen LogP contribution in [0.1, 0.15) is 24.5 Å². The summed E-state index contributed by atoms with van der Waals surface area (Å²) in [5.74, 6) is 0.875. The molecule has 2 fully saturated rings. The first-order valence-electron chi connectivity index (χ1n) is 6.41. The fourth-order valence-corrected chi connectivity index (χ4v) is 3.96. The molecule has 17 heavy (non-hydrogen) atoms. The summed E-state index contributed by atoms with van der Waals surface area (Å²) in [6, 6.07) is 22.1. The molecule has 0 heterocycles. The molecule has 2 aliphatic carbocycles. The van der Waals surface area contributed by atoms with Crippen LogP contribution in [0.15, 0.2) is 60.7 Å². The third-order valence-electron chi connectivity index (χ3n) is 5.04. The van der Waals surface area contributed by atoms with Gasteiger partial charge in [-0.15, -0.1) is 0 Å². The van der Waals surface area contributed by atoms with Gasteiger partial charge in [0.2, 0.25) is 0 Å². The number of fused-ring (bicyclic) bond motifs is 1. The van der Waals surface area contributed by atoms with Gasteiger partial charge >= 0.3 is 0 Å². The second-order valence-electron chi connectivity index (χ2n) is 5.71. The van der Waals surface area contributed by atoms with Gasteiger partial charge in [0.05, 0.1) is 0 Å². The van der Waals surface area contributed by atoms with E-state index in [1.807, 2.05) is 0 Å². The van der Waals surface area contributed by atoms with Crippen molar-refractivity contribution in [1.82, 2.24) is 0 Å². The molecule has 2 aromatic carbocycles. The molecule has 0 heteroatoms. The van der Waals surface area contributed by atoms with Crippen LogP contribution in [0.4, 0.5) is 0 Å². The summed E-state index contributed by atoms with van der Waals surface area (Å²) in [5, 5.41) is 0. The van der Waals surface area contributed by atoms with Crippen molar-refractivity contribution in [1.29, 1.82) is 0 Å². The molecule has 4 rings (SSSR count). The lowest BCUT2D eigenvalue weighted by molar-refractivity contribution is 0.507. The van der Waals surface area contributed by atoms with E-state index in [2.05, 4.69) is 67.6 Å². The average molecular weight is 220 g/mol. The molecular formula is C17H16. The number of hydrogen-bond acceptors (Lipinski definition) is 0. The third kappa shape index (κ3) is 0.952. The maximum absolute atomic E-state index is 2.44. The van der Waals surface area contributed by atoms with Crippen molar-refractivity contribution in [3.05, 3.63) is 71.8 Å². The van der Waals surface area contributed by atoms with Crippen LogP contribution in [-0.2, 0) is 5.41 Å². The molecule has 0 radical (unpaired) electrons. The maximum Gasteiger partial charge on any atom is 0.0293 e. The van der Waals surface area contributed by atoms with Crippen LogP contribution in [0.5, 0.6) is 0 Å². The molecule has 0 aromatic heterocycles. The molecule has 0 nitrogen and oxygen atoms in total. The van der Waals surface area contributed by atoms with Gasteiger partial charge in [-0.3, -0.25) is 0 Å². The Morgan fingerprint density at radius 1 is 0.824 bits per heavy atom. The summed E-state index contributed by atoms with van der Waals surface area (Å²) >= 11 is 0. The Balaban J connectivity index is 1.90. The molecule has 0 bridgehead atoms. The molecule has 0 saturated heterocycles. The molecule has 0 unspecified atom stereocenters. The summed E-state index contributed by atoms with van der Waals surface area (Å²) in [7, 11) is 0. The predicted molar refractivity (Wildman–Crippen MR) is 69.9 cm³/mol. The highest BCUT2D eigenvalue weighted by Gasteiger charge is 2.86. The number of rotatable bonds is 2. The summed E-state index contributed by atoms with van der Waals surface area (Å²) in [4.78, 5) is 0. The zero-order valence-corrected chi connectivity index (χ0v) is 10.1. The van der Waals surface area contributed by atoms with Gasteiger partial charge in [-0.25, -0.2) is 0 Å². The minimum Gasteiger partial charge on any atom is -0.0622 e. The van der Waals surface area contributed by atoms with Crippen LogP contribution >= 0.6 is 0 Å². The van der Waals surface area contributed by atoms with Crippen LogP contribution in [0.2, 0.25) is 0 Å². The van der Waals surface area contributed by atoms with E-state index in [-0.39, 0.29) is 0 Å². The normalized spacial score (nSPS) is 31.7. The molecule has 2 aromatic rings. The second-order valence-corrected chi connectivity index (χ2v) is 5.71. The van der Waals surface area contributed by atoms with Crippen molar-refractivity contribution >= 4 is 0 Å². The van der Waals surface area contributed by atoms with Gasteiger partial charge in [-0.2, -0.15) is 0 Å². The van der Waals surface area contributed by atoms with Crippen molar-refractivity contribution < 1.29 is 0 Å². The van der Waals surface area contributed by atoms with E-state index >= 15 is 0 Å². The monoisotopic (exact) mass is 220 g/mol. The number of benzene rings is 2. The highest BCUT2D eigenvalue weighted by Crippen LogP contribution is 2.89. The zero-order chi connectivity index (χ0) is 11.5. The first kappa shape index (κ1) is 9.47. The van der Waals surface area contributed by atoms with Crippen molar-refractivity contribution in [3.63, 3.8) is 0 Å². The van der Waals surface area contributed by atoms with Gasteiger partial charge < -0.3 is 0 Å². The maximum atomic E-state index is 2.44. The molecule has 2 saturated carbocycles. The molecule has 2 aliphatic rings. The quantitative estimate of drug-likeness (QED) is 0.717. The lowest BCUT2D eigenvalue weighted by Crippen LogP contribution is -2.22. The summed E-state index contributed by atoms with van der Waals surface area (Å²) < 4.78 is 0. The molecule has 2 atom stereocenters. The molecule has 84 valence electrons. The Bertz CT molecular complexity index is 516. The van der Waals surface area contributed by atoms with Crippen molar-refractivity contribution in [2.75, 3.05) is 0 Å². The fourth-order valence-electron chi connectivity index (χ4n) is 3.96. The molecular weight excluding hydrogens is 204 g/mol. The lowest BCUT2D eigenvalue weighted by Gasteiger charge is -2.27. The van der Waals surface area contributed by atoms with E-state index in [0.29, 0.717) is 10.8 Å². The Morgan fingerprint density at radius 2 is 1.24 bits per heavy atom. The predicted octanol–water partition coefficient (Wildman–Crippen LogP) is 4.01. The van der Waals surface area contributed by atoms with Gasteiger partial charge in [-0.1, -0.05) is 67.6 Å². The Morgan fingerprint density at radius 3 is 1.53 bits per heavy atom. The Hall–Kier alpha value is -1.56. The van der Waals surface area contributed by atoms with E-state index in [1.165, 1.54) is 17.5 Å². The smallest absolute Gasteiger partial charge is 0.0293 e. The molecule has 0 spiro atoms. The third-order valence-corrected chi connectivity index (χ3v) is 5.04. The largest absolute Gasteiger partial charge is 0.0622 e. The second kappa shape index (κ2) is 2.81. The van der Waals surface area contributed by atoms with Gasteiger partial charge in [0, 0.05) is 5.41 Å². The van der Waals surface area contributed by atoms with E-state index in [1.54, 1.807) is 0 Å². The van der Waals surface area contributed by atoms with Crippen LogP contribution < -0.4 is 0 Å². The van der Waals surface area contributed by atoms with Crippen LogP contribution in [0.3, 0.4) is 0 Å². The Kier molecular flexibility index (Phi) is 1.57. The Labute approximate surface area is 102 Å². The van der Waals surface area contributed by atoms with Crippen molar-refractivity contribution in [2.24, 2.45) is 11.3 Å². The van der Waals surface area contributed by atoms with Crippen molar-refractivity contribution in [2.45, 2.75) is 18.8 Å². The first-order chi connectivity index (χ1) is 8.30. The summed E-state index contributed by atoms with van der Waals surface area (Å²) in [6.45, 7) is 2.44. The lowest BCUT2D eigenvalue weighted by atomic mass is 9.76. The molecule has 0 N–H and O–H groups in total. The fraction of sp³-hybridized carbons (Fsp3) is 0.294. The zero-order valence-electron chi connectivity index (χ0n) is 10.1. The van der Waals surface area contributed by atoms with Gasteiger partial charge in [0.1, 0.15) is 0 Å². The summed E-state index contributed by atoms with van der Waals surface area (Å²) in [5.41, 5.74) is 3.88. The van der Waals surface area contributed by atoms with E-state index in [4.69, 9.17) is 0 Å². The van der Waals surface area contributed by atoms with Crippen LogP contribution in [0, 0.1) is 11.3 Å². The topological polar surface area (TPSA) is 0 Å². The SMILES string of the molecule is C[C@@]12C[C@H]1C2(c1ccccc1)c1ccccc1. The first-order valence-corrected chi connectivity index (χ1v) is 6.41. The van der Waals surface area contributed by atoms with Crippen molar-refractivity contribution in [3.8, 4) is 0 Å². The number of hydrogen-bond donors (Lipinski definition) is 0. The molecule has 0 aliphatic heterocycles. The van der Waals surface area contributed by atoms with Gasteiger partial charge in [0.15, 0.2) is 0 Å². The van der Waals surface area contributed by atoms with E-state index in [9.17, 15) is 0 Å². The average Bonchev–Trinajstić information content (AvgIpc) is 3.20. The van der Waals surface area contributed by atoms with Gasteiger partial charge in [-0.05, 0) is 28.9 Å². The van der Waals surface area contributed by atoms with E-state index < -0.39 is 0 Å². The standard InChI is InChI=1S/C17H16/c1-16-12-15(16)17(16,13-8-4-2-5-9-13)14-10-6-3-7-11-14/h2-11,15H,12H2,1H3/t15-,16-/m1/s1. The highest BCUT2D eigenvalue weighted by atomic mass is 14.9. The van der Waals surface area contributed by atoms with Crippen LogP contribution in [0.25, 0.3) is 0 Å². The minimum absolute atomic E-state index is 0.329. The van der Waals surface area contributed by atoms with Gasteiger partial charge in [0.25, 0.3) is 0 Å². The minimum atomic E-state index is 0.329. The highest BCUT2D eigenvalue weighted by molar-refractivity contribution is 5.59. The van der Waals surface area contributed by atoms with E-state index in [0.717, 1.165) is 5.92 Å². The van der Waals surface area contributed by atoms with Crippen LogP contribution in [-0.4, -0.2) is 0 Å². The summed E-state index contributed by atoms with van der Waals surface area (Å²) in [6.07, 6.45) is 1.40. The molecule has 0 amide bonds.